The fraction of sp³-hybridized carbons (Fsp3) is 0.308. The molecule has 0 saturated heterocycles. The van der Waals surface area contributed by atoms with E-state index in [-0.39, 0.29) is 19.4 Å². The zero-order chi connectivity index (χ0) is 14.3. The number of nitrogens with one attached hydrogen (secondary N) is 1. The molecule has 6 nitrogen and oxygen atoms in total. The number of carbonyl (C=O) groups excluding carboxylic acids is 2. The molecule has 2 N–H and O–H groups in total. The number of ether oxygens (including phenoxy) is 1. The topological polar surface area (TPSA) is 92.7 Å². The van der Waals surface area contributed by atoms with Gasteiger partial charge in [0.15, 0.2) is 0 Å². The monoisotopic (exact) mass is 265 g/mol. The third-order valence-electron chi connectivity index (χ3n) is 2.61. The second kappa shape index (κ2) is 6.53. The molecule has 19 heavy (non-hydrogen) atoms. The smallest absolute Gasteiger partial charge is 0.344 e. The molecule has 0 fully saturated rings. The van der Waals surface area contributed by atoms with Crippen LogP contribution < -0.4 is 5.32 Å². The zero-order valence-electron chi connectivity index (χ0n) is 10.5. The van der Waals surface area contributed by atoms with Crippen LogP contribution in [0.4, 0.5) is 0 Å². The molecule has 0 heterocycles. The van der Waals surface area contributed by atoms with Crippen LogP contribution in [0.3, 0.4) is 0 Å². The summed E-state index contributed by atoms with van der Waals surface area (Å²) in [4.78, 5) is 33.9. The van der Waals surface area contributed by atoms with Gasteiger partial charge in [0, 0.05) is 6.42 Å². The Labute approximate surface area is 110 Å². The molecule has 6 heteroatoms. The van der Waals surface area contributed by atoms with Crippen molar-refractivity contribution in [3.63, 3.8) is 0 Å². The SMILES string of the molecule is CCOC(=O)[C@](Cc1ccccc1)(NC=O)C(=O)O. The van der Waals surface area contributed by atoms with E-state index in [0.29, 0.717) is 5.56 Å². The van der Waals surface area contributed by atoms with Gasteiger partial charge in [-0.15, -0.1) is 0 Å². The summed E-state index contributed by atoms with van der Waals surface area (Å²) in [7, 11) is 0. The number of rotatable bonds is 7. The molecule has 0 aliphatic rings. The molecule has 1 amide bonds. The Hall–Kier alpha value is -2.37. The van der Waals surface area contributed by atoms with E-state index in [4.69, 9.17) is 4.74 Å². The van der Waals surface area contributed by atoms with Gasteiger partial charge in [-0.2, -0.15) is 0 Å². The Morgan fingerprint density at radius 3 is 2.47 bits per heavy atom. The number of amides is 1. The van der Waals surface area contributed by atoms with Crippen LogP contribution in [-0.2, 0) is 25.5 Å². The van der Waals surface area contributed by atoms with Crippen LogP contribution in [0.1, 0.15) is 12.5 Å². The van der Waals surface area contributed by atoms with Crippen LogP contribution in [0, 0.1) is 0 Å². The van der Waals surface area contributed by atoms with Crippen molar-refractivity contribution in [2.24, 2.45) is 0 Å². The first-order valence-electron chi connectivity index (χ1n) is 5.72. The Morgan fingerprint density at radius 1 is 1.37 bits per heavy atom. The van der Waals surface area contributed by atoms with E-state index in [1.165, 1.54) is 0 Å². The van der Waals surface area contributed by atoms with Gasteiger partial charge >= 0.3 is 11.9 Å². The van der Waals surface area contributed by atoms with Gasteiger partial charge in [0.1, 0.15) is 0 Å². The minimum absolute atomic E-state index is 0.0309. The normalized spacial score (nSPS) is 13.1. The van der Waals surface area contributed by atoms with Crippen molar-refractivity contribution >= 4 is 18.3 Å². The molecule has 0 bridgehead atoms. The summed E-state index contributed by atoms with van der Waals surface area (Å²) in [5, 5.41) is 11.4. The number of carboxylic acid groups (broad SMARTS) is 1. The quantitative estimate of drug-likeness (QED) is 0.422. The largest absolute Gasteiger partial charge is 0.479 e. The van der Waals surface area contributed by atoms with E-state index >= 15 is 0 Å². The molecule has 1 aromatic rings. The number of benzene rings is 1. The molecule has 1 rings (SSSR count). The van der Waals surface area contributed by atoms with Crippen molar-refractivity contribution in [2.75, 3.05) is 6.61 Å². The molecule has 1 aromatic carbocycles. The number of esters is 1. The van der Waals surface area contributed by atoms with Gasteiger partial charge in [0.05, 0.1) is 6.61 Å². The molecule has 0 saturated carbocycles. The van der Waals surface area contributed by atoms with E-state index in [1.807, 2.05) is 0 Å². The third kappa shape index (κ3) is 3.31. The first-order valence-corrected chi connectivity index (χ1v) is 5.72. The van der Waals surface area contributed by atoms with E-state index in [9.17, 15) is 19.5 Å². The van der Waals surface area contributed by atoms with E-state index < -0.39 is 17.5 Å². The van der Waals surface area contributed by atoms with Gasteiger partial charge in [0.25, 0.3) is 0 Å². The highest BCUT2D eigenvalue weighted by Gasteiger charge is 2.47. The van der Waals surface area contributed by atoms with Crippen LogP contribution in [-0.4, -0.2) is 35.6 Å². The lowest BCUT2D eigenvalue weighted by Gasteiger charge is -2.26. The standard InChI is InChI=1S/C13H15NO5/c1-2-19-12(18)13(11(16)17,14-9-15)8-10-6-4-3-5-7-10/h3-7,9H,2,8H2,1H3,(H,14,15)(H,16,17)/t13-/m1/s1. The second-order valence-corrected chi connectivity index (χ2v) is 3.86. The maximum absolute atomic E-state index is 11.9. The van der Waals surface area contributed by atoms with Gasteiger partial charge in [0.2, 0.25) is 11.9 Å². The number of aliphatic carboxylic acids is 1. The van der Waals surface area contributed by atoms with Gasteiger partial charge in [-0.3, -0.25) is 4.79 Å². The Bertz CT molecular complexity index is 459. The maximum Gasteiger partial charge on any atom is 0.344 e. The summed E-state index contributed by atoms with van der Waals surface area (Å²) in [6.45, 7) is 1.59. The molecule has 0 aliphatic carbocycles. The highest BCUT2D eigenvalue weighted by atomic mass is 16.5. The van der Waals surface area contributed by atoms with Crippen molar-refractivity contribution in [2.45, 2.75) is 18.9 Å². The fourth-order valence-electron chi connectivity index (χ4n) is 1.66. The number of hydrogen-bond acceptors (Lipinski definition) is 4. The third-order valence-corrected chi connectivity index (χ3v) is 2.61. The van der Waals surface area contributed by atoms with Crippen LogP contribution in [0.25, 0.3) is 0 Å². The minimum Gasteiger partial charge on any atom is -0.479 e. The average Bonchev–Trinajstić information content (AvgIpc) is 2.39. The average molecular weight is 265 g/mol. The molecule has 0 unspecified atom stereocenters. The Balaban J connectivity index is 3.12. The molecular formula is C13H15NO5. The van der Waals surface area contributed by atoms with E-state index in [1.54, 1.807) is 37.3 Å². The van der Waals surface area contributed by atoms with Crippen LogP contribution in [0.15, 0.2) is 30.3 Å². The summed E-state index contributed by atoms with van der Waals surface area (Å²) in [6, 6.07) is 8.54. The fourth-order valence-corrected chi connectivity index (χ4v) is 1.66. The first-order chi connectivity index (χ1) is 9.06. The predicted octanol–water partition coefficient (Wildman–Crippen LogP) is 0.362. The van der Waals surface area contributed by atoms with Crippen molar-refractivity contribution in [1.82, 2.24) is 5.32 Å². The number of carboxylic acids is 1. The highest BCUT2D eigenvalue weighted by molar-refractivity contribution is 6.06. The van der Waals surface area contributed by atoms with Gasteiger partial charge in [-0.25, -0.2) is 9.59 Å². The van der Waals surface area contributed by atoms with E-state index in [2.05, 4.69) is 5.32 Å². The number of hydrogen-bond donors (Lipinski definition) is 2. The van der Waals surface area contributed by atoms with Crippen LogP contribution in [0.5, 0.6) is 0 Å². The number of carbonyl (C=O) groups is 3. The predicted molar refractivity (Wildman–Crippen MR) is 66.3 cm³/mol. The van der Waals surface area contributed by atoms with Crippen molar-refractivity contribution in [1.29, 1.82) is 0 Å². The molecular weight excluding hydrogens is 250 g/mol. The Morgan fingerprint density at radius 2 is 2.00 bits per heavy atom. The summed E-state index contributed by atoms with van der Waals surface area (Å²) in [5.74, 6) is -2.44. The summed E-state index contributed by atoms with van der Waals surface area (Å²) in [6.07, 6.45) is 0.00866. The molecule has 102 valence electrons. The summed E-state index contributed by atoms with van der Waals surface area (Å²) >= 11 is 0. The Kier molecular flexibility index (Phi) is 5.05. The first kappa shape index (κ1) is 14.7. The van der Waals surface area contributed by atoms with Gasteiger partial charge in [-0.1, -0.05) is 30.3 Å². The summed E-state index contributed by atoms with van der Waals surface area (Å²) in [5.41, 5.74) is -1.49. The van der Waals surface area contributed by atoms with Crippen molar-refractivity contribution in [3.8, 4) is 0 Å². The minimum atomic E-state index is -2.10. The lowest BCUT2D eigenvalue weighted by atomic mass is 9.91. The van der Waals surface area contributed by atoms with Crippen LogP contribution >= 0.6 is 0 Å². The molecule has 0 aromatic heterocycles. The highest BCUT2D eigenvalue weighted by Crippen LogP contribution is 2.16. The van der Waals surface area contributed by atoms with Gasteiger partial charge in [-0.05, 0) is 12.5 Å². The lowest BCUT2D eigenvalue weighted by molar-refractivity contribution is -0.163. The second-order valence-electron chi connectivity index (χ2n) is 3.86. The molecule has 0 aliphatic heterocycles. The maximum atomic E-state index is 11.9. The van der Waals surface area contributed by atoms with Crippen molar-refractivity contribution in [3.05, 3.63) is 35.9 Å². The van der Waals surface area contributed by atoms with Gasteiger partial charge < -0.3 is 15.2 Å². The lowest BCUT2D eigenvalue weighted by Crippen LogP contribution is -2.60. The molecule has 1 atom stereocenters. The molecule has 0 radical (unpaired) electrons. The van der Waals surface area contributed by atoms with Crippen LogP contribution in [0.2, 0.25) is 0 Å². The summed E-state index contributed by atoms with van der Waals surface area (Å²) < 4.78 is 4.75. The van der Waals surface area contributed by atoms with Crippen molar-refractivity contribution < 1.29 is 24.2 Å². The van der Waals surface area contributed by atoms with E-state index in [0.717, 1.165) is 0 Å². The molecule has 0 spiro atoms. The zero-order valence-corrected chi connectivity index (χ0v) is 10.5.